The number of carbonyl (C=O) groups excluding carboxylic acids is 1. The van der Waals surface area contributed by atoms with E-state index >= 15 is 0 Å². The number of aromatic nitrogens is 4. The van der Waals surface area contributed by atoms with Gasteiger partial charge in [0.25, 0.3) is 5.56 Å². The standard InChI is InChI=1S/C24H35ClN6O3/c1-13-10-18(14(2)15(3)24(13,5)6)29-19-11-27-31(23(33)21(19)25)12-20(32)28-16(4)17-8-9-26-30-22(17)34-7/h8-9,11,13-16,18,29H,10,12H2,1-7H3,(H,28,32)/t13-,14+,15+,16?,18+/m0/s1. The van der Waals surface area contributed by atoms with Crippen molar-refractivity contribution in [1.29, 1.82) is 0 Å². The molecule has 186 valence electrons. The third-order valence-electron chi connectivity index (χ3n) is 7.85. The molecule has 2 heterocycles. The van der Waals surface area contributed by atoms with Gasteiger partial charge in [-0.2, -0.15) is 10.2 Å². The number of amides is 1. The summed E-state index contributed by atoms with van der Waals surface area (Å²) in [5, 5.41) is 18.2. The Labute approximate surface area is 205 Å². The summed E-state index contributed by atoms with van der Waals surface area (Å²) in [6.45, 7) is 13.0. The Morgan fingerprint density at radius 3 is 2.74 bits per heavy atom. The molecule has 0 spiro atoms. The lowest BCUT2D eigenvalue weighted by Crippen LogP contribution is -2.48. The van der Waals surface area contributed by atoms with Crippen LogP contribution in [-0.4, -0.2) is 39.0 Å². The van der Waals surface area contributed by atoms with Crippen molar-refractivity contribution in [3.05, 3.63) is 39.4 Å². The van der Waals surface area contributed by atoms with Crippen molar-refractivity contribution in [3.8, 4) is 5.88 Å². The maximum absolute atomic E-state index is 12.8. The molecule has 0 radical (unpaired) electrons. The molecule has 0 aromatic carbocycles. The van der Waals surface area contributed by atoms with Crippen LogP contribution in [-0.2, 0) is 11.3 Å². The molecule has 1 unspecified atom stereocenters. The van der Waals surface area contributed by atoms with Crippen LogP contribution in [0.4, 0.5) is 5.69 Å². The second-order valence-corrected chi connectivity index (χ2v) is 10.4. The molecule has 2 aromatic heterocycles. The fourth-order valence-electron chi connectivity index (χ4n) is 4.76. The summed E-state index contributed by atoms with van der Waals surface area (Å²) < 4.78 is 6.26. The van der Waals surface area contributed by atoms with Crippen LogP contribution in [0.2, 0.25) is 5.02 Å². The number of methoxy groups -OCH3 is 1. The van der Waals surface area contributed by atoms with Crippen LogP contribution in [0, 0.1) is 23.2 Å². The highest BCUT2D eigenvalue weighted by atomic mass is 35.5. The number of anilines is 1. The van der Waals surface area contributed by atoms with Gasteiger partial charge in [0.1, 0.15) is 11.6 Å². The number of hydrogen-bond acceptors (Lipinski definition) is 7. The van der Waals surface area contributed by atoms with E-state index in [0.717, 1.165) is 11.1 Å². The summed E-state index contributed by atoms with van der Waals surface area (Å²) in [7, 11) is 1.49. The van der Waals surface area contributed by atoms with Gasteiger partial charge in [-0.15, -0.1) is 5.10 Å². The highest BCUT2D eigenvalue weighted by molar-refractivity contribution is 6.32. The van der Waals surface area contributed by atoms with E-state index in [9.17, 15) is 9.59 Å². The first-order valence-corrected chi connectivity index (χ1v) is 12.0. The van der Waals surface area contributed by atoms with Crippen molar-refractivity contribution in [3.63, 3.8) is 0 Å². The lowest BCUT2D eigenvalue weighted by atomic mass is 9.58. The van der Waals surface area contributed by atoms with Crippen molar-refractivity contribution in [2.45, 2.75) is 66.6 Å². The third-order valence-corrected chi connectivity index (χ3v) is 8.21. The average Bonchev–Trinajstić information content (AvgIpc) is 2.81. The number of nitrogens with zero attached hydrogens (tertiary/aromatic N) is 4. The smallest absolute Gasteiger partial charge is 0.288 e. The van der Waals surface area contributed by atoms with Crippen LogP contribution < -0.4 is 20.9 Å². The summed E-state index contributed by atoms with van der Waals surface area (Å²) in [4.78, 5) is 25.4. The van der Waals surface area contributed by atoms with Gasteiger partial charge in [0.2, 0.25) is 11.8 Å². The number of hydrogen-bond donors (Lipinski definition) is 2. The Balaban J connectivity index is 1.70. The van der Waals surface area contributed by atoms with Crippen LogP contribution in [0.25, 0.3) is 0 Å². The minimum atomic E-state index is -0.512. The molecule has 0 saturated heterocycles. The molecule has 9 nitrogen and oxygen atoms in total. The van der Waals surface area contributed by atoms with E-state index in [1.165, 1.54) is 19.5 Å². The van der Waals surface area contributed by atoms with E-state index in [1.807, 2.05) is 0 Å². The van der Waals surface area contributed by atoms with Crippen molar-refractivity contribution >= 4 is 23.2 Å². The van der Waals surface area contributed by atoms with E-state index in [4.69, 9.17) is 16.3 Å². The van der Waals surface area contributed by atoms with Gasteiger partial charge in [-0.3, -0.25) is 9.59 Å². The SMILES string of the molecule is COc1nnccc1C(C)NC(=O)Cn1ncc(N[C@@H]2C[C@H](C)C(C)(C)[C@H](C)[C@H]2C)c(Cl)c1=O. The van der Waals surface area contributed by atoms with E-state index < -0.39 is 11.6 Å². The van der Waals surface area contributed by atoms with Gasteiger partial charge in [0, 0.05) is 11.6 Å². The molecule has 0 aliphatic heterocycles. The van der Waals surface area contributed by atoms with Gasteiger partial charge < -0.3 is 15.4 Å². The first-order valence-electron chi connectivity index (χ1n) is 11.6. The van der Waals surface area contributed by atoms with Crippen LogP contribution >= 0.6 is 11.6 Å². The largest absolute Gasteiger partial charge is 0.480 e. The molecule has 5 atom stereocenters. The van der Waals surface area contributed by atoms with Crippen LogP contribution in [0.15, 0.2) is 23.3 Å². The monoisotopic (exact) mass is 490 g/mol. The first-order chi connectivity index (χ1) is 16.0. The second kappa shape index (κ2) is 10.3. The quantitative estimate of drug-likeness (QED) is 0.608. The van der Waals surface area contributed by atoms with Crippen molar-refractivity contribution in [1.82, 2.24) is 25.3 Å². The maximum Gasteiger partial charge on any atom is 0.288 e. The molecule has 2 N–H and O–H groups in total. The van der Waals surface area contributed by atoms with Gasteiger partial charge in [0.05, 0.1) is 31.2 Å². The number of nitrogens with one attached hydrogen (secondary N) is 2. The zero-order chi connectivity index (χ0) is 25.2. The van der Waals surface area contributed by atoms with Crippen LogP contribution in [0.3, 0.4) is 0 Å². The predicted octanol–water partition coefficient (Wildman–Crippen LogP) is 3.69. The topological polar surface area (TPSA) is 111 Å². The molecule has 1 aliphatic carbocycles. The number of carbonyl (C=O) groups is 1. The van der Waals surface area contributed by atoms with Gasteiger partial charge in [-0.1, -0.05) is 46.2 Å². The predicted molar refractivity (Wildman–Crippen MR) is 132 cm³/mol. The molecule has 1 fully saturated rings. The number of ether oxygens (including phenoxy) is 1. The van der Waals surface area contributed by atoms with Gasteiger partial charge in [-0.25, -0.2) is 4.68 Å². The highest BCUT2D eigenvalue weighted by Crippen LogP contribution is 2.48. The summed E-state index contributed by atoms with van der Waals surface area (Å²) in [6.07, 6.45) is 4.03. The van der Waals surface area contributed by atoms with E-state index in [1.54, 1.807) is 13.0 Å². The van der Waals surface area contributed by atoms with Gasteiger partial charge in [0.15, 0.2) is 0 Å². The number of rotatable bonds is 7. The Morgan fingerprint density at radius 2 is 2.06 bits per heavy atom. The van der Waals surface area contributed by atoms with Crippen molar-refractivity contribution < 1.29 is 9.53 Å². The third kappa shape index (κ3) is 5.19. The lowest BCUT2D eigenvalue weighted by molar-refractivity contribution is -0.122. The summed E-state index contributed by atoms with van der Waals surface area (Å²) in [6, 6.07) is 1.50. The Hall–Kier alpha value is -2.68. The molecular weight excluding hydrogens is 456 g/mol. The van der Waals surface area contributed by atoms with E-state index in [0.29, 0.717) is 34.9 Å². The molecule has 10 heteroatoms. The summed E-state index contributed by atoms with van der Waals surface area (Å²) >= 11 is 6.42. The Bertz CT molecular complexity index is 1090. The Morgan fingerprint density at radius 1 is 1.35 bits per heavy atom. The fraction of sp³-hybridized carbons (Fsp3) is 0.625. The highest BCUT2D eigenvalue weighted by Gasteiger charge is 2.43. The molecule has 34 heavy (non-hydrogen) atoms. The molecule has 2 aromatic rings. The van der Waals surface area contributed by atoms with Crippen LogP contribution in [0.1, 0.15) is 59.6 Å². The van der Waals surface area contributed by atoms with Crippen molar-refractivity contribution in [2.24, 2.45) is 23.2 Å². The van der Waals surface area contributed by atoms with Gasteiger partial charge >= 0.3 is 0 Å². The maximum atomic E-state index is 12.8. The average molecular weight is 491 g/mol. The zero-order valence-electron chi connectivity index (χ0n) is 20.9. The molecular formula is C24H35ClN6O3. The minimum Gasteiger partial charge on any atom is -0.480 e. The second-order valence-electron chi connectivity index (χ2n) is 9.98. The zero-order valence-corrected chi connectivity index (χ0v) is 21.7. The molecule has 0 bridgehead atoms. The molecule has 3 rings (SSSR count). The first kappa shape index (κ1) is 25.9. The van der Waals surface area contributed by atoms with E-state index in [-0.39, 0.29) is 28.9 Å². The Kier molecular flexibility index (Phi) is 7.85. The molecule has 1 saturated carbocycles. The minimum absolute atomic E-state index is 0.0354. The van der Waals surface area contributed by atoms with E-state index in [2.05, 4.69) is 60.5 Å². The van der Waals surface area contributed by atoms with Crippen LogP contribution in [0.5, 0.6) is 5.88 Å². The summed E-state index contributed by atoms with van der Waals surface area (Å²) in [5.74, 6) is 1.36. The van der Waals surface area contributed by atoms with Gasteiger partial charge in [-0.05, 0) is 42.6 Å². The lowest BCUT2D eigenvalue weighted by Gasteiger charge is -2.50. The normalized spacial score (nSPS) is 24.8. The molecule has 1 aliphatic rings. The molecule has 1 amide bonds. The fourth-order valence-corrected chi connectivity index (χ4v) is 4.96. The summed E-state index contributed by atoms with van der Waals surface area (Å²) in [5.41, 5.74) is 0.906. The van der Waals surface area contributed by atoms with Crippen molar-refractivity contribution in [2.75, 3.05) is 12.4 Å². The number of halogens is 1.